The molecule has 0 aromatic carbocycles. The first-order valence-corrected chi connectivity index (χ1v) is 8.58. The molecule has 3 rings (SSSR count). The van der Waals surface area contributed by atoms with E-state index in [0.29, 0.717) is 16.6 Å². The van der Waals surface area contributed by atoms with Gasteiger partial charge in [-0.05, 0) is 34.8 Å². The number of halogens is 1. The number of aromatic nitrogens is 3. The number of nitrogens with zero attached hydrogens (tertiary/aromatic N) is 3. The number of rotatable bonds is 3. The molecule has 2 heterocycles. The standard InChI is InChI=1S/C14H15BrN4OS/c15-11-6-10(7-16-8-11)12(20)17-14-19-18-13(21-14)9-4-2-1-3-5-9/h6-9H,1-5H2,(H,17,19,20). The van der Waals surface area contributed by atoms with E-state index >= 15 is 0 Å². The van der Waals surface area contributed by atoms with Crippen LogP contribution in [0.4, 0.5) is 5.13 Å². The molecule has 5 nitrogen and oxygen atoms in total. The molecular formula is C14H15BrN4OS. The Hall–Kier alpha value is -1.34. The molecule has 0 bridgehead atoms. The van der Waals surface area contributed by atoms with Crippen molar-refractivity contribution in [3.05, 3.63) is 33.5 Å². The molecular weight excluding hydrogens is 352 g/mol. The van der Waals surface area contributed by atoms with Gasteiger partial charge in [0.25, 0.3) is 5.91 Å². The summed E-state index contributed by atoms with van der Waals surface area (Å²) in [5.74, 6) is 0.296. The molecule has 1 N–H and O–H groups in total. The molecule has 0 atom stereocenters. The van der Waals surface area contributed by atoms with E-state index in [1.54, 1.807) is 12.3 Å². The van der Waals surface area contributed by atoms with Crippen LogP contribution in [0.15, 0.2) is 22.9 Å². The molecule has 110 valence electrons. The Morgan fingerprint density at radius 1 is 1.24 bits per heavy atom. The van der Waals surface area contributed by atoms with Crippen LogP contribution in [0, 0.1) is 0 Å². The van der Waals surface area contributed by atoms with E-state index in [0.717, 1.165) is 9.48 Å². The zero-order valence-electron chi connectivity index (χ0n) is 11.4. The first kappa shape index (κ1) is 14.6. The summed E-state index contributed by atoms with van der Waals surface area (Å²) in [5, 5.41) is 12.7. The highest BCUT2D eigenvalue weighted by Crippen LogP contribution is 2.35. The third kappa shape index (κ3) is 3.65. The second-order valence-corrected chi connectivity index (χ2v) is 7.05. The second kappa shape index (κ2) is 6.62. The van der Waals surface area contributed by atoms with E-state index in [2.05, 4.69) is 36.4 Å². The SMILES string of the molecule is O=C(Nc1nnc(C2CCCCC2)s1)c1cncc(Br)c1. The van der Waals surface area contributed by atoms with E-state index in [1.807, 2.05) is 0 Å². The zero-order chi connectivity index (χ0) is 14.7. The molecule has 1 amide bonds. The lowest BCUT2D eigenvalue weighted by molar-refractivity contribution is 0.102. The van der Waals surface area contributed by atoms with Gasteiger partial charge in [-0.15, -0.1) is 10.2 Å². The number of pyridine rings is 1. The Balaban J connectivity index is 1.68. The molecule has 2 aromatic rings. The third-order valence-electron chi connectivity index (χ3n) is 3.58. The fraction of sp³-hybridized carbons (Fsp3) is 0.429. The highest BCUT2D eigenvalue weighted by Gasteiger charge is 2.20. The Morgan fingerprint density at radius 3 is 2.81 bits per heavy atom. The van der Waals surface area contributed by atoms with Crippen LogP contribution in [-0.2, 0) is 0 Å². The maximum atomic E-state index is 12.1. The van der Waals surface area contributed by atoms with Crippen molar-refractivity contribution in [2.75, 3.05) is 5.32 Å². The number of amides is 1. The predicted octanol–water partition coefficient (Wildman–Crippen LogP) is 4.00. The number of nitrogens with one attached hydrogen (secondary N) is 1. The van der Waals surface area contributed by atoms with Crippen LogP contribution in [0.1, 0.15) is 53.4 Å². The average molecular weight is 367 g/mol. The Bertz CT molecular complexity index is 639. The van der Waals surface area contributed by atoms with E-state index < -0.39 is 0 Å². The number of hydrogen-bond acceptors (Lipinski definition) is 5. The first-order chi connectivity index (χ1) is 10.2. The molecule has 2 aromatic heterocycles. The Labute approximate surface area is 135 Å². The summed E-state index contributed by atoms with van der Waals surface area (Å²) in [7, 11) is 0. The summed E-state index contributed by atoms with van der Waals surface area (Å²) >= 11 is 4.78. The summed E-state index contributed by atoms with van der Waals surface area (Å²) in [6.07, 6.45) is 9.36. The van der Waals surface area contributed by atoms with E-state index in [-0.39, 0.29) is 5.91 Å². The fourth-order valence-electron chi connectivity index (χ4n) is 2.50. The topological polar surface area (TPSA) is 67.8 Å². The molecule has 0 aliphatic heterocycles. The molecule has 1 saturated carbocycles. The monoisotopic (exact) mass is 366 g/mol. The van der Waals surface area contributed by atoms with E-state index in [1.165, 1.54) is 49.6 Å². The number of anilines is 1. The van der Waals surface area contributed by atoms with Gasteiger partial charge in [-0.25, -0.2) is 0 Å². The van der Waals surface area contributed by atoms with Gasteiger partial charge in [0.1, 0.15) is 5.01 Å². The quantitative estimate of drug-likeness (QED) is 0.891. The Kier molecular flexibility index (Phi) is 4.60. The highest BCUT2D eigenvalue weighted by molar-refractivity contribution is 9.10. The van der Waals surface area contributed by atoms with Gasteiger partial charge in [0.05, 0.1) is 5.56 Å². The van der Waals surface area contributed by atoms with Gasteiger partial charge in [-0.1, -0.05) is 30.6 Å². The maximum absolute atomic E-state index is 12.1. The van der Waals surface area contributed by atoms with Crippen molar-refractivity contribution in [2.24, 2.45) is 0 Å². The normalized spacial score (nSPS) is 15.9. The first-order valence-electron chi connectivity index (χ1n) is 6.97. The van der Waals surface area contributed by atoms with Crippen LogP contribution in [0.25, 0.3) is 0 Å². The van der Waals surface area contributed by atoms with Crippen LogP contribution >= 0.6 is 27.3 Å². The van der Waals surface area contributed by atoms with Crippen molar-refractivity contribution in [3.63, 3.8) is 0 Å². The van der Waals surface area contributed by atoms with Gasteiger partial charge in [0.2, 0.25) is 5.13 Å². The third-order valence-corrected chi connectivity index (χ3v) is 5.02. The lowest BCUT2D eigenvalue weighted by atomic mass is 9.90. The Morgan fingerprint density at radius 2 is 2.05 bits per heavy atom. The van der Waals surface area contributed by atoms with Gasteiger partial charge < -0.3 is 0 Å². The smallest absolute Gasteiger partial charge is 0.259 e. The fourth-order valence-corrected chi connectivity index (χ4v) is 3.78. The molecule has 0 unspecified atom stereocenters. The summed E-state index contributed by atoms with van der Waals surface area (Å²) in [4.78, 5) is 16.1. The second-order valence-electron chi connectivity index (χ2n) is 5.13. The van der Waals surface area contributed by atoms with Gasteiger partial charge >= 0.3 is 0 Å². The van der Waals surface area contributed by atoms with Gasteiger partial charge in [-0.3, -0.25) is 15.1 Å². The summed E-state index contributed by atoms with van der Waals surface area (Å²) in [6, 6.07) is 1.73. The summed E-state index contributed by atoms with van der Waals surface area (Å²) in [6.45, 7) is 0. The van der Waals surface area contributed by atoms with Gasteiger partial charge in [-0.2, -0.15) is 0 Å². The van der Waals surface area contributed by atoms with Crippen LogP contribution < -0.4 is 5.32 Å². The van der Waals surface area contributed by atoms with Gasteiger partial charge in [0.15, 0.2) is 0 Å². The average Bonchev–Trinajstić information content (AvgIpc) is 2.97. The molecule has 0 radical (unpaired) electrons. The van der Waals surface area contributed by atoms with Crippen LogP contribution in [0.2, 0.25) is 0 Å². The lowest BCUT2D eigenvalue weighted by Gasteiger charge is -2.18. The molecule has 7 heteroatoms. The van der Waals surface area contributed by atoms with Crippen molar-refractivity contribution in [1.29, 1.82) is 0 Å². The molecule has 0 spiro atoms. The minimum absolute atomic E-state index is 0.213. The number of carbonyl (C=O) groups is 1. The lowest BCUT2D eigenvalue weighted by Crippen LogP contribution is -2.11. The van der Waals surface area contributed by atoms with Crippen LogP contribution in [0.3, 0.4) is 0 Å². The van der Waals surface area contributed by atoms with Crippen LogP contribution in [0.5, 0.6) is 0 Å². The maximum Gasteiger partial charge on any atom is 0.259 e. The minimum Gasteiger partial charge on any atom is -0.296 e. The van der Waals surface area contributed by atoms with Crippen molar-refractivity contribution in [2.45, 2.75) is 38.0 Å². The van der Waals surface area contributed by atoms with E-state index in [4.69, 9.17) is 0 Å². The minimum atomic E-state index is -0.213. The van der Waals surface area contributed by atoms with Crippen molar-refractivity contribution in [3.8, 4) is 0 Å². The molecule has 21 heavy (non-hydrogen) atoms. The predicted molar refractivity (Wildman–Crippen MR) is 85.6 cm³/mol. The molecule has 1 aliphatic rings. The van der Waals surface area contributed by atoms with Crippen molar-refractivity contribution >= 4 is 38.3 Å². The largest absolute Gasteiger partial charge is 0.296 e. The van der Waals surface area contributed by atoms with Crippen molar-refractivity contribution in [1.82, 2.24) is 15.2 Å². The van der Waals surface area contributed by atoms with E-state index in [9.17, 15) is 4.79 Å². The van der Waals surface area contributed by atoms with Crippen molar-refractivity contribution < 1.29 is 4.79 Å². The number of hydrogen-bond donors (Lipinski definition) is 1. The molecule has 1 fully saturated rings. The van der Waals surface area contributed by atoms with Crippen LogP contribution in [-0.4, -0.2) is 21.1 Å². The summed E-state index contributed by atoms with van der Waals surface area (Å²) in [5.41, 5.74) is 0.499. The zero-order valence-corrected chi connectivity index (χ0v) is 13.8. The molecule has 0 saturated heterocycles. The number of carbonyl (C=O) groups excluding carboxylic acids is 1. The molecule has 1 aliphatic carbocycles. The summed E-state index contributed by atoms with van der Waals surface area (Å²) < 4.78 is 0.773. The highest BCUT2D eigenvalue weighted by atomic mass is 79.9. The van der Waals surface area contributed by atoms with Gasteiger partial charge in [0, 0.05) is 22.8 Å².